The Morgan fingerprint density at radius 2 is 2.00 bits per heavy atom. The highest BCUT2D eigenvalue weighted by molar-refractivity contribution is 5.33. The van der Waals surface area contributed by atoms with Crippen LogP contribution in [0.15, 0.2) is 24.3 Å². The number of benzene rings is 1. The molecule has 0 fully saturated rings. The zero-order chi connectivity index (χ0) is 9.84. The van der Waals surface area contributed by atoms with Crippen molar-refractivity contribution >= 4 is 5.69 Å². The van der Waals surface area contributed by atoms with E-state index in [4.69, 9.17) is 5.73 Å². The van der Waals surface area contributed by atoms with Crippen molar-refractivity contribution in [3.05, 3.63) is 39.9 Å². The molecule has 0 amide bonds. The first kappa shape index (κ1) is 9.67. The Balaban J connectivity index is 2.75. The van der Waals surface area contributed by atoms with E-state index >= 15 is 0 Å². The van der Waals surface area contributed by atoms with Gasteiger partial charge in [0, 0.05) is 18.2 Å². The molecule has 0 radical (unpaired) electrons. The van der Waals surface area contributed by atoms with E-state index in [0.29, 0.717) is 0 Å². The van der Waals surface area contributed by atoms with Gasteiger partial charge in [0.1, 0.15) is 0 Å². The minimum Gasteiger partial charge on any atom is -0.328 e. The summed E-state index contributed by atoms with van der Waals surface area (Å²) in [6.07, 6.45) is 0.748. The van der Waals surface area contributed by atoms with Crippen molar-refractivity contribution in [2.24, 2.45) is 5.73 Å². The van der Waals surface area contributed by atoms with E-state index in [1.54, 1.807) is 12.1 Å². The Labute approximate surface area is 76.5 Å². The van der Waals surface area contributed by atoms with Crippen molar-refractivity contribution in [3.63, 3.8) is 0 Å². The summed E-state index contributed by atoms with van der Waals surface area (Å²) in [5.74, 6) is 0. The second kappa shape index (κ2) is 4.00. The van der Waals surface area contributed by atoms with Crippen molar-refractivity contribution in [2.75, 3.05) is 0 Å². The summed E-state index contributed by atoms with van der Waals surface area (Å²) < 4.78 is 0. The van der Waals surface area contributed by atoms with Crippen LogP contribution in [0.25, 0.3) is 0 Å². The molecule has 0 unspecified atom stereocenters. The third-order valence-corrected chi connectivity index (χ3v) is 1.70. The van der Waals surface area contributed by atoms with Gasteiger partial charge in [0.05, 0.1) is 4.92 Å². The molecule has 0 aliphatic rings. The summed E-state index contributed by atoms with van der Waals surface area (Å²) in [6, 6.07) is 6.56. The Morgan fingerprint density at radius 3 is 2.38 bits per heavy atom. The first-order valence-corrected chi connectivity index (χ1v) is 4.08. The monoisotopic (exact) mass is 180 g/mol. The lowest BCUT2D eigenvalue weighted by atomic mass is 10.1. The number of nitro groups is 1. The number of rotatable bonds is 3. The minimum atomic E-state index is -0.407. The fourth-order valence-electron chi connectivity index (χ4n) is 1.13. The smallest absolute Gasteiger partial charge is 0.269 e. The maximum atomic E-state index is 10.3. The molecule has 70 valence electrons. The molecule has 2 N–H and O–H groups in total. The predicted octanol–water partition coefficient (Wildman–Crippen LogP) is 1.48. The van der Waals surface area contributed by atoms with Crippen LogP contribution in [0.1, 0.15) is 12.5 Å². The first-order chi connectivity index (χ1) is 6.09. The average Bonchev–Trinajstić information content (AvgIpc) is 2.04. The Kier molecular flexibility index (Phi) is 2.97. The number of nitrogens with zero attached hydrogens (tertiary/aromatic N) is 1. The van der Waals surface area contributed by atoms with Crippen LogP contribution < -0.4 is 5.73 Å². The molecule has 0 heterocycles. The molecule has 4 heteroatoms. The van der Waals surface area contributed by atoms with Crippen LogP contribution >= 0.6 is 0 Å². The van der Waals surface area contributed by atoms with Crippen molar-refractivity contribution in [1.82, 2.24) is 0 Å². The summed E-state index contributed by atoms with van der Waals surface area (Å²) in [4.78, 5) is 9.91. The van der Waals surface area contributed by atoms with Crippen LogP contribution in [0.4, 0.5) is 5.69 Å². The fraction of sp³-hybridized carbons (Fsp3) is 0.333. The lowest BCUT2D eigenvalue weighted by molar-refractivity contribution is -0.384. The van der Waals surface area contributed by atoms with Crippen molar-refractivity contribution in [1.29, 1.82) is 0 Å². The maximum Gasteiger partial charge on any atom is 0.269 e. The third kappa shape index (κ3) is 2.83. The van der Waals surface area contributed by atoms with Gasteiger partial charge in [-0.15, -0.1) is 0 Å². The predicted molar refractivity (Wildman–Crippen MR) is 50.4 cm³/mol. The second-order valence-corrected chi connectivity index (χ2v) is 3.10. The quantitative estimate of drug-likeness (QED) is 0.565. The summed E-state index contributed by atoms with van der Waals surface area (Å²) in [6.45, 7) is 1.90. The van der Waals surface area contributed by atoms with Crippen molar-refractivity contribution < 1.29 is 4.92 Å². The van der Waals surface area contributed by atoms with Gasteiger partial charge in [0.25, 0.3) is 5.69 Å². The van der Waals surface area contributed by atoms with E-state index in [9.17, 15) is 10.1 Å². The Bertz CT molecular complexity index is 293. The van der Waals surface area contributed by atoms with Gasteiger partial charge in [-0.1, -0.05) is 12.1 Å². The molecule has 1 aromatic rings. The molecule has 0 spiro atoms. The Hall–Kier alpha value is -1.42. The number of non-ortho nitro benzene ring substituents is 1. The highest BCUT2D eigenvalue weighted by atomic mass is 16.6. The molecule has 13 heavy (non-hydrogen) atoms. The number of nitrogens with two attached hydrogens (primary N) is 1. The zero-order valence-electron chi connectivity index (χ0n) is 7.43. The lowest BCUT2D eigenvalue weighted by Crippen LogP contribution is -2.17. The van der Waals surface area contributed by atoms with Gasteiger partial charge in [-0.3, -0.25) is 10.1 Å². The largest absolute Gasteiger partial charge is 0.328 e. The van der Waals surface area contributed by atoms with E-state index in [2.05, 4.69) is 0 Å². The Morgan fingerprint density at radius 1 is 1.46 bits per heavy atom. The molecule has 4 nitrogen and oxygen atoms in total. The van der Waals surface area contributed by atoms with Crippen LogP contribution in [0.5, 0.6) is 0 Å². The minimum absolute atomic E-state index is 0.0847. The standard InChI is InChI=1S/C9H12N2O2/c1-7(10)6-8-2-4-9(5-3-8)11(12)13/h2-5,7H,6,10H2,1H3/t7-/m0/s1. The maximum absolute atomic E-state index is 10.3. The van der Waals surface area contributed by atoms with Crippen LogP contribution in [0, 0.1) is 10.1 Å². The summed E-state index contributed by atoms with van der Waals surface area (Å²) in [5, 5.41) is 10.3. The van der Waals surface area contributed by atoms with E-state index in [1.165, 1.54) is 12.1 Å². The second-order valence-electron chi connectivity index (χ2n) is 3.10. The molecular weight excluding hydrogens is 168 g/mol. The van der Waals surface area contributed by atoms with Gasteiger partial charge in [0.15, 0.2) is 0 Å². The molecule has 0 saturated carbocycles. The van der Waals surface area contributed by atoms with Crippen LogP contribution in [-0.2, 0) is 6.42 Å². The highest BCUT2D eigenvalue weighted by Crippen LogP contribution is 2.12. The summed E-state index contributed by atoms with van der Waals surface area (Å²) in [5.41, 5.74) is 6.74. The zero-order valence-corrected chi connectivity index (χ0v) is 7.43. The topological polar surface area (TPSA) is 69.2 Å². The van der Waals surface area contributed by atoms with Gasteiger partial charge in [-0.2, -0.15) is 0 Å². The normalized spacial score (nSPS) is 12.5. The first-order valence-electron chi connectivity index (χ1n) is 4.08. The van der Waals surface area contributed by atoms with Gasteiger partial charge >= 0.3 is 0 Å². The molecule has 0 bridgehead atoms. The molecule has 1 aromatic carbocycles. The molecule has 0 aliphatic heterocycles. The highest BCUT2D eigenvalue weighted by Gasteiger charge is 2.04. The third-order valence-electron chi connectivity index (χ3n) is 1.70. The van der Waals surface area contributed by atoms with E-state index in [-0.39, 0.29) is 11.7 Å². The number of hydrogen-bond acceptors (Lipinski definition) is 3. The summed E-state index contributed by atoms with van der Waals surface area (Å²) in [7, 11) is 0. The van der Waals surface area contributed by atoms with E-state index < -0.39 is 4.92 Å². The molecule has 0 saturated heterocycles. The van der Waals surface area contributed by atoms with Crippen LogP contribution in [0.3, 0.4) is 0 Å². The van der Waals surface area contributed by atoms with Crippen molar-refractivity contribution in [3.8, 4) is 0 Å². The van der Waals surface area contributed by atoms with Gasteiger partial charge in [-0.05, 0) is 18.9 Å². The average molecular weight is 180 g/mol. The number of nitro benzene ring substituents is 1. The number of hydrogen-bond donors (Lipinski definition) is 1. The van der Waals surface area contributed by atoms with Gasteiger partial charge in [0.2, 0.25) is 0 Å². The fourth-order valence-corrected chi connectivity index (χ4v) is 1.13. The summed E-state index contributed by atoms with van der Waals surface area (Å²) >= 11 is 0. The molecule has 0 aliphatic carbocycles. The molecule has 1 rings (SSSR count). The van der Waals surface area contributed by atoms with Gasteiger partial charge in [-0.25, -0.2) is 0 Å². The SMILES string of the molecule is C[C@H](N)Cc1ccc([N+](=O)[O-])cc1. The molecular formula is C9H12N2O2. The van der Waals surface area contributed by atoms with E-state index in [0.717, 1.165) is 12.0 Å². The van der Waals surface area contributed by atoms with Gasteiger partial charge < -0.3 is 5.73 Å². The lowest BCUT2D eigenvalue weighted by Gasteiger charge is -2.03. The van der Waals surface area contributed by atoms with Crippen LogP contribution in [-0.4, -0.2) is 11.0 Å². The van der Waals surface area contributed by atoms with Crippen LogP contribution in [0.2, 0.25) is 0 Å². The molecule has 0 aromatic heterocycles. The van der Waals surface area contributed by atoms with E-state index in [1.807, 2.05) is 6.92 Å². The molecule has 1 atom stereocenters. The van der Waals surface area contributed by atoms with Crippen molar-refractivity contribution in [2.45, 2.75) is 19.4 Å².